The number of fused-ring (bicyclic) bond motifs is 1. The highest BCUT2D eigenvalue weighted by atomic mass is 127. The van der Waals surface area contributed by atoms with Crippen molar-refractivity contribution < 1.29 is 23.8 Å². The van der Waals surface area contributed by atoms with Gasteiger partial charge >= 0.3 is 12.0 Å². The number of hydrogen-bond acceptors (Lipinski definition) is 5. The summed E-state index contributed by atoms with van der Waals surface area (Å²) in [6, 6.07) is 7.95. The van der Waals surface area contributed by atoms with Crippen molar-refractivity contribution in [3.05, 3.63) is 64.3 Å². The van der Waals surface area contributed by atoms with Crippen molar-refractivity contribution in [2.24, 2.45) is 0 Å². The number of nitrogens with one attached hydrogen (secondary N) is 1. The molecule has 7 nitrogen and oxygen atoms in total. The van der Waals surface area contributed by atoms with Gasteiger partial charge in [-0.25, -0.2) is 9.18 Å². The van der Waals surface area contributed by atoms with Crippen LogP contribution in [-0.4, -0.2) is 33.7 Å². The third kappa shape index (κ3) is 4.30. The Balaban J connectivity index is 1.98. The zero-order chi connectivity index (χ0) is 19.4. The minimum atomic E-state index is -1.08. The van der Waals surface area contributed by atoms with Gasteiger partial charge in [-0.1, -0.05) is 6.58 Å². The number of rotatable bonds is 8. The molecule has 0 atom stereocenters. The number of benzene rings is 1. The molecule has 27 heavy (non-hydrogen) atoms. The Morgan fingerprint density at radius 1 is 1.37 bits per heavy atom. The molecule has 2 heterocycles. The molecule has 140 valence electrons. The molecule has 0 aliphatic carbocycles. The summed E-state index contributed by atoms with van der Waals surface area (Å²) in [5, 5.41) is 12.1. The summed E-state index contributed by atoms with van der Waals surface area (Å²) < 4.78 is 27.0. The van der Waals surface area contributed by atoms with Gasteiger partial charge in [-0.3, -0.25) is 4.40 Å². The third-order valence-electron chi connectivity index (χ3n) is 3.59. The van der Waals surface area contributed by atoms with Crippen LogP contribution >= 0.6 is 22.6 Å². The number of carboxylic acids is 1. The zero-order valence-corrected chi connectivity index (χ0v) is 16.1. The van der Waals surface area contributed by atoms with E-state index in [1.807, 2.05) is 22.6 Å². The van der Waals surface area contributed by atoms with Crippen LogP contribution in [0.2, 0.25) is 0 Å². The quantitative estimate of drug-likeness (QED) is 0.286. The van der Waals surface area contributed by atoms with Crippen LogP contribution in [0.15, 0.2) is 49.4 Å². The van der Waals surface area contributed by atoms with E-state index in [1.165, 1.54) is 29.0 Å². The summed E-state index contributed by atoms with van der Waals surface area (Å²) in [4.78, 5) is 15.6. The molecule has 0 aliphatic heterocycles. The number of carbonyl (C=O) groups is 1. The fourth-order valence-electron chi connectivity index (χ4n) is 2.36. The van der Waals surface area contributed by atoms with Crippen LogP contribution in [0.4, 0.5) is 15.9 Å². The van der Waals surface area contributed by atoms with Crippen molar-refractivity contribution in [3.8, 4) is 6.01 Å². The molecule has 2 N–H and O–H groups in total. The van der Waals surface area contributed by atoms with Gasteiger partial charge in [0.05, 0.1) is 23.0 Å². The highest BCUT2D eigenvalue weighted by Crippen LogP contribution is 2.28. The Bertz CT molecular complexity index is 1010. The monoisotopic (exact) mass is 483 g/mol. The smallest absolute Gasteiger partial charge is 0.337 e. The fraction of sp³-hybridized carbons (Fsp3) is 0.111. The number of aromatic carboxylic acids is 1. The summed E-state index contributed by atoms with van der Waals surface area (Å²) in [5.41, 5.74) is 0.857. The SMILES string of the molecule is C=COCCOc1nc(Nc2ccc(I)cc2F)c2ccc(C(=O)O)cn12. The Hall–Kier alpha value is -2.82. The van der Waals surface area contributed by atoms with E-state index in [2.05, 4.69) is 16.9 Å². The minimum Gasteiger partial charge on any atom is -0.498 e. The van der Waals surface area contributed by atoms with E-state index < -0.39 is 11.8 Å². The first kappa shape index (κ1) is 19.0. The number of pyridine rings is 1. The maximum atomic E-state index is 14.2. The topological polar surface area (TPSA) is 85.1 Å². The molecular weight excluding hydrogens is 468 g/mol. The highest BCUT2D eigenvalue weighted by molar-refractivity contribution is 14.1. The molecule has 0 radical (unpaired) electrons. The Kier molecular flexibility index (Phi) is 5.79. The van der Waals surface area contributed by atoms with E-state index in [1.54, 1.807) is 18.2 Å². The van der Waals surface area contributed by atoms with E-state index in [0.29, 0.717) is 11.3 Å². The molecule has 9 heteroatoms. The van der Waals surface area contributed by atoms with Crippen LogP contribution < -0.4 is 10.1 Å². The second-order valence-electron chi connectivity index (χ2n) is 5.36. The lowest BCUT2D eigenvalue weighted by Gasteiger charge is -2.06. The van der Waals surface area contributed by atoms with Crippen LogP contribution in [-0.2, 0) is 4.74 Å². The van der Waals surface area contributed by atoms with Gasteiger partial charge < -0.3 is 19.9 Å². The highest BCUT2D eigenvalue weighted by Gasteiger charge is 2.16. The number of carboxylic acid groups (broad SMARTS) is 1. The fourth-order valence-corrected chi connectivity index (χ4v) is 2.82. The van der Waals surface area contributed by atoms with Crippen molar-refractivity contribution in [1.82, 2.24) is 9.38 Å². The number of nitrogens with zero attached hydrogens (tertiary/aromatic N) is 2. The number of imidazole rings is 1. The Morgan fingerprint density at radius 3 is 2.89 bits per heavy atom. The third-order valence-corrected chi connectivity index (χ3v) is 4.26. The molecular formula is C18H15FIN3O4. The zero-order valence-electron chi connectivity index (χ0n) is 14.0. The first-order valence-corrected chi connectivity index (χ1v) is 8.90. The van der Waals surface area contributed by atoms with Crippen LogP contribution in [0.3, 0.4) is 0 Å². The number of halogens is 2. The molecule has 1 aromatic carbocycles. The van der Waals surface area contributed by atoms with Crippen molar-refractivity contribution in [2.75, 3.05) is 18.5 Å². The van der Waals surface area contributed by atoms with Crippen LogP contribution in [0.5, 0.6) is 6.01 Å². The maximum Gasteiger partial charge on any atom is 0.337 e. The molecule has 0 amide bonds. The Morgan fingerprint density at radius 2 is 2.19 bits per heavy atom. The van der Waals surface area contributed by atoms with E-state index >= 15 is 0 Å². The van der Waals surface area contributed by atoms with Crippen LogP contribution in [0.1, 0.15) is 10.4 Å². The normalized spacial score (nSPS) is 10.6. The number of ether oxygens (including phenoxy) is 2. The molecule has 0 bridgehead atoms. The lowest BCUT2D eigenvalue weighted by Crippen LogP contribution is -2.07. The Labute approximate surface area is 167 Å². The summed E-state index contributed by atoms with van der Waals surface area (Å²) in [7, 11) is 0. The summed E-state index contributed by atoms with van der Waals surface area (Å²) >= 11 is 2.02. The van der Waals surface area contributed by atoms with Crippen molar-refractivity contribution >= 4 is 45.6 Å². The predicted octanol–water partition coefficient (Wildman–Crippen LogP) is 4.06. The van der Waals surface area contributed by atoms with Gasteiger partial charge in [-0.2, -0.15) is 4.98 Å². The molecule has 0 saturated carbocycles. The average molecular weight is 483 g/mol. The van der Waals surface area contributed by atoms with Gasteiger partial charge in [0.25, 0.3) is 0 Å². The summed E-state index contributed by atoms with van der Waals surface area (Å²) in [6.45, 7) is 3.88. The molecule has 2 aromatic heterocycles. The summed E-state index contributed by atoms with van der Waals surface area (Å²) in [5.74, 6) is -1.16. The molecule has 0 fully saturated rings. The van der Waals surface area contributed by atoms with Gasteiger partial charge in [0.2, 0.25) is 0 Å². The van der Waals surface area contributed by atoms with Gasteiger partial charge in [0.1, 0.15) is 19.0 Å². The molecule has 0 saturated heterocycles. The largest absolute Gasteiger partial charge is 0.498 e. The number of anilines is 2. The second kappa shape index (κ2) is 8.25. The van der Waals surface area contributed by atoms with Gasteiger partial charge in [0.15, 0.2) is 5.82 Å². The lowest BCUT2D eigenvalue weighted by molar-refractivity contribution is 0.0696. The standard InChI is InChI=1S/C18H15FIN3O4/c1-2-26-7-8-27-18-22-16(21-14-5-4-12(20)9-13(14)19)15-6-3-11(17(24)25)10-23(15)18/h2-6,9-10,21H,1,7-8H2,(H,24,25). The van der Waals surface area contributed by atoms with Crippen molar-refractivity contribution in [1.29, 1.82) is 0 Å². The van der Waals surface area contributed by atoms with Crippen LogP contribution in [0.25, 0.3) is 5.52 Å². The molecule has 0 unspecified atom stereocenters. The van der Waals surface area contributed by atoms with Gasteiger partial charge in [-0.15, -0.1) is 0 Å². The number of hydrogen-bond donors (Lipinski definition) is 2. The molecule has 0 spiro atoms. The van der Waals surface area contributed by atoms with Gasteiger partial charge in [0, 0.05) is 9.77 Å². The van der Waals surface area contributed by atoms with E-state index in [9.17, 15) is 14.3 Å². The minimum absolute atomic E-state index is 0.0686. The van der Waals surface area contributed by atoms with Gasteiger partial charge in [-0.05, 0) is 52.9 Å². The van der Waals surface area contributed by atoms with E-state index in [0.717, 1.165) is 3.57 Å². The molecule has 3 rings (SSSR count). The van der Waals surface area contributed by atoms with Crippen molar-refractivity contribution in [3.63, 3.8) is 0 Å². The van der Waals surface area contributed by atoms with Crippen molar-refractivity contribution in [2.45, 2.75) is 0 Å². The second-order valence-corrected chi connectivity index (χ2v) is 6.60. The average Bonchev–Trinajstić information content (AvgIpc) is 2.98. The van der Waals surface area contributed by atoms with E-state index in [-0.39, 0.29) is 30.5 Å². The maximum absolute atomic E-state index is 14.2. The number of aromatic nitrogens is 2. The molecule has 3 aromatic rings. The lowest BCUT2D eigenvalue weighted by atomic mass is 10.2. The first-order chi connectivity index (χ1) is 13.0. The first-order valence-electron chi connectivity index (χ1n) is 7.82. The van der Waals surface area contributed by atoms with Crippen LogP contribution in [0, 0.1) is 9.39 Å². The molecule has 0 aliphatic rings. The summed E-state index contributed by atoms with van der Waals surface area (Å²) in [6.07, 6.45) is 2.69. The predicted molar refractivity (Wildman–Crippen MR) is 106 cm³/mol. The van der Waals surface area contributed by atoms with E-state index in [4.69, 9.17) is 9.47 Å².